The number of nitrogens with zero attached hydrogens (tertiary/aromatic N) is 4. The van der Waals surface area contributed by atoms with Crippen molar-refractivity contribution in [3.05, 3.63) is 41.7 Å². The zero-order valence-corrected chi connectivity index (χ0v) is 18.4. The fraction of sp³-hybridized carbons (Fsp3) is 0.273. The largest absolute Gasteiger partial charge is 0.480 e. The minimum Gasteiger partial charge on any atom is -0.480 e. The summed E-state index contributed by atoms with van der Waals surface area (Å²) in [5.74, 6) is -4.71. The highest BCUT2D eigenvalue weighted by molar-refractivity contribution is 6.08. The molecule has 2 aromatic heterocycles. The van der Waals surface area contributed by atoms with E-state index in [0.717, 1.165) is 0 Å². The third-order valence-electron chi connectivity index (χ3n) is 4.99. The molecule has 0 saturated heterocycles. The van der Waals surface area contributed by atoms with E-state index in [-0.39, 0.29) is 13.1 Å². The van der Waals surface area contributed by atoms with Crippen LogP contribution in [0.5, 0.6) is 0 Å². The Morgan fingerprint density at radius 2 is 1.11 bits per heavy atom. The minimum atomic E-state index is -1.18. The van der Waals surface area contributed by atoms with E-state index in [0.29, 0.717) is 38.9 Å². The molecule has 0 aliphatic carbocycles. The number of hydrogen-bond donors (Lipinski definition) is 5. The van der Waals surface area contributed by atoms with E-state index in [1.807, 2.05) is 0 Å². The summed E-state index contributed by atoms with van der Waals surface area (Å²) in [5, 5.41) is 37.5. The number of nitrogen functional groups attached to an aromatic ring is 1. The Kier molecular flexibility index (Phi) is 7.73. The van der Waals surface area contributed by atoms with Gasteiger partial charge in [-0.25, -0.2) is 9.97 Å². The Labute approximate surface area is 198 Å². The highest BCUT2D eigenvalue weighted by Crippen LogP contribution is 2.29. The number of pyridine rings is 2. The minimum absolute atomic E-state index is 0.0366. The van der Waals surface area contributed by atoms with E-state index in [4.69, 9.17) is 26.2 Å². The predicted molar refractivity (Wildman–Crippen MR) is 123 cm³/mol. The number of fused-ring (bicyclic) bond motifs is 3. The topological polar surface area (TPSA) is 207 Å². The highest BCUT2D eigenvalue weighted by Gasteiger charge is 2.18. The van der Waals surface area contributed by atoms with Gasteiger partial charge in [0.2, 0.25) is 0 Å². The van der Waals surface area contributed by atoms with E-state index in [9.17, 15) is 19.2 Å². The second-order valence-corrected chi connectivity index (χ2v) is 7.90. The number of carbonyl (C=O) groups is 4. The Morgan fingerprint density at radius 3 is 1.57 bits per heavy atom. The maximum atomic E-state index is 11.1. The number of rotatable bonds is 12. The summed E-state index contributed by atoms with van der Waals surface area (Å²) < 4.78 is 0. The van der Waals surface area contributed by atoms with Crippen LogP contribution in [-0.2, 0) is 32.3 Å². The molecule has 0 fully saturated rings. The SMILES string of the molecule is Nc1cc2ccc(CN(CC(=O)O)CC(=O)O)nc2c2nc(CN(CC(=O)O)CC(=O)O)ccc12. The molecule has 184 valence electrons. The predicted octanol–water partition coefficient (Wildman–Crippen LogP) is 0.308. The molecular weight excluding hydrogens is 462 g/mol. The number of anilines is 1. The molecule has 0 radical (unpaired) electrons. The van der Waals surface area contributed by atoms with Crippen molar-refractivity contribution in [1.82, 2.24) is 19.8 Å². The average Bonchev–Trinajstić information content (AvgIpc) is 2.72. The summed E-state index contributed by atoms with van der Waals surface area (Å²) in [7, 11) is 0. The normalized spacial score (nSPS) is 11.4. The number of aromatic nitrogens is 2. The van der Waals surface area contributed by atoms with Crippen molar-refractivity contribution in [2.24, 2.45) is 0 Å². The van der Waals surface area contributed by atoms with E-state index >= 15 is 0 Å². The summed E-state index contributed by atoms with van der Waals surface area (Å²) in [6, 6.07) is 8.34. The summed E-state index contributed by atoms with van der Waals surface area (Å²) in [6.45, 7) is -2.04. The number of aliphatic carboxylic acids is 4. The van der Waals surface area contributed by atoms with Gasteiger partial charge in [0.1, 0.15) is 0 Å². The zero-order valence-electron chi connectivity index (χ0n) is 18.4. The van der Waals surface area contributed by atoms with Crippen LogP contribution in [0.3, 0.4) is 0 Å². The lowest BCUT2D eigenvalue weighted by Crippen LogP contribution is -2.34. The number of nitrogens with two attached hydrogens (primary N) is 1. The molecular formula is C22H23N5O8. The summed E-state index contributed by atoms with van der Waals surface area (Å²) in [4.78, 5) is 56.0. The van der Waals surface area contributed by atoms with Crippen molar-refractivity contribution < 1.29 is 39.6 Å². The van der Waals surface area contributed by atoms with Crippen LogP contribution in [0.1, 0.15) is 11.4 Å². The first-order valence-electron chi connectivity index (χ1n) is 10.3. The smallest absolute Gasteiger partial charge is 0.317 e. The first kappa shape index (κ1) is 25.3. The maximum absolute atomic E-state index is 11.1. The van der Waals surface area contributed by atoms with Crippen molar-refractivity contribution in [1.29, 1.82) is 0 Å². The van der Waals surface area contributed by atoms with Crippen molar-refractivity contribution in [3.8, 4) is 0 Å². The van der Waals surface area contributed by atoms with Gasteiger partial charge in [0.25, 0.3) is 0 Å². The Hall–Kier alpha value is -4.36. The summed E-state index contributed by atoms with van der Waals surface area (Å²) in [6.07, 6.45) is 0. The van der Waals surface area contributed by atoms with Gasteiger partial charge >= 0.3 is 23.9 Å². The van der Waals surface area contributed by atoms with Gasteiger partial charge in [-0.05, 0) is 24.3 Å². The molecule has 0 amide bonds. The van der Waals surface area contributed by atoms with Gasteiger partial charge in [-0.15, -0.1) is 0 Å². The van der Waals surface area contributed by atoms with Gasteiger partial charge < -0.3 is 26.2 Å². The van der Waals surface area contributed by atoms with E-state index in [2.05, 4.69) is 9.97 Å². The highest BCUT2D eigenvalue weighted by atomic mass is 16.4. The molecule has 1 aromatic carbocycles. The van der Waals surface area contributed by atoms with Crippen LogP contribution < -0.4 is 5.73 Å². The molecule has 0 bridgehead atoms. The zero-order chi connectivity index (χ0) is 25.7. The van der Waals surface area contributed by atoms with Crippen molar-refractivity contribution >= 4 is 51.4 Å². The molecule has 0 spiro atoms. The van der Waals surface area contributed by atoms with Gasteiger partial charge in [0.05, 0.1) is 48.6 Å². The summed E-state index contributed by atoms with van der Waals surface area (Å²) in [5.41, 5.74) is 8.23. The van der Waals surface area contributed by atoms with E-state index in [1.165, 1.54) is 9.80 Å². The molecule has 0 unspecified atom stereocenters. The third-order valence-corrected chi connectivity index (χ3v) is 4.99. The number of carboxylic acid groups (broad SMARTS) is 4. The Morgan fingerprint density at radius 1 is 0.686 bits per heavy atom. The van der Waals surface area contributed by atoms with Gasteiger partial charge in [0.15, 0.2) is 0 Å². The molecule has 13 nitrogen and oxygen atoms in total. The monoisotopic (exact) mass is 485 g/mol. The van der Waals surface area contributed by atoms with Crippen LogP contribution in [0.25, 0.3) is 21.8 Å². The quantitative estimate of drug-likeness (QED) is 0.173. The summed E-state index contributed by atoms with van der Waals surface area (Å²) >= 11 is 0. The molecule has 0 aliphatic rings. The van der Waals surface area contributed by atoms with Crippen LogP contribution in [-0.4, -0.2) is 90.3 Å². The number of benzene rings is 1. The average molecular weight is 485 g/mol. The van der Waals surface area contributed by atoms with Crippen molar-refractivity contribution in [2.75, 3.05) is 31.9 Å². The standard InChI is InChI=1S/C22H23N5O8/c23-16-5-12-1-2-13(6-26(8-17(28)29)9-18(30)31)24-21(12)22-15(16)4-3-14(25-22)7-27(10-19(32)33)11-20(34)35/h1-5H,6-11,23H2,(H,28,29)(H,30,31)(H,32,33)(H,34,35). The van der Waals surface area contributed by atoms with E-state index in [1.54, 1.807) is 30.3 Å². The molecule has 6 N–H and O–H groups in total. The van der Waals surface area contributed by atoms with Gasteiger partial charge in [-0.3, -0.25) is 29.0 Å². The first-order chi connectivity index (χ1) is 16.5. The molecule has 0 aliphatic heterocycles. The fourth-order valence-corrected chi connectivity index (χ4v) is 3.71. The van der Waals surface area contributed by atoms with Crippen LogP contribution in [0.15, 0.2) is 30.3 Å². The lowest BCUT2D eigenvalue weighted by Gasteiger charge is -2.19. The lowest BCUT2D eigenvalue weighted by atomic mass is 10.1. The molecule has 0 saturated carbocycles. The van der Waals surface area contributed by atoms with Gasteiger partial charge in [-0.2, -0.15) is 0 Å². The Balaban J connectivity index is 2.02. The number of carboxylic acids is 4. The molecule has 3 rings (SSSR count). The second kappa shape index (κ2) is 10.7. The van der Waals surface area contributed by atoms with Gasteiger partial charge in [-0.1, -0.05) is 6.07 Å². The molecule has 35 heavy (non-hydrogen) atoms. The molecule has 3 aromatic rings. The maximum Gasteiger partial charge on any atom is 0.317 e. The van der Waals surface area contributed by atoms with Crippen LogP contribution in [0, 0.1) is 0 Å². The van der Waals surface area contributed by atoms with Crippen molar-refractivity contribution in [2.45, 2.75) is 13.1 Å². The first-order valence-corrected chi connectivity index (χ1v) is 10.3. The van der Waals surface area contributed by atoms with Crippen LogP contribution in [0.2, 0.25) is 0 Å². The van der Waals surface area contributed by atoms with Crippen LogP contribution >= 0.6 is 0 Å². The second-order valence-electron chi connectivity index (χ2n) is 7.90. The number of hydrogen-bond acceptors (Lipinski definition) is 9. The van der Waals surface area contributed by atoms with Gasteiger partial charge in [0, 0.05) is 29.5 Å². The van der Waals surface area contributed by atoms with E-state index < -0.39 is 50.1 Å². The Bertz CT molecular complexity index is 1280. The third kappa shape index (κ3) is 6.82. The molecule has 0 atom stereocenters. The molecule has 2 heterocycles. The van der Waals surface area contributed by atoms with Crippen LogP contribution in [0.4, 0.5) is 5.69 Å². The lowest BCUT2D eigenvalue weighted by molar-refractivity contribution is -0.144. The van der Waals surface area contributed by atoms with Crippen molar-refractivity contribution in [3.63, 3.8) is 0 Å². The fourth-order valence-electron chi connectivity index (χ4n) is 3.71. The molecule has 13 heteroatoms.